The summed E-state index contributed by atoms with van der Waals surface area (Å²) < 4.78 is 13.4. The van der Waals surface area contributed by atoms with E-state index < -0.39 is 5.82 Å². The summed E-state index contributed by atoms with van der Waals surface area (Å²) in [6.45, 7) is 1.66. The van der Waals surface area contributed by atoms with E-state index >= 15 is 0 Å². The van der Waals surface area contributed by atoms with Gasteiger partial charge >= 0.3 is 0 Å². The van der Waals surface area contributed by atoms with Gasteiger partial charge in [0.05, 0.1) is 5.69 Å². The topological polar surface area (TPSA) is 49.3 Å². The zero-order chi connectivity index (χ0) is 14.0. The predicted octanol–water partition coefficient (Wildman–Crippen LogP) is 3.85. The molecule has 0 aliphatic heterocycles. The van der Waals surface area contributed by atoms with Crippen molar-refractivity contribution in [2.24, 2.45) is 0 Å². The fourth-order valence-corrected chi connectivity index (χ4v) is 2.10. The molecule has 0 radical (unpaired) electrons. The van der Waals surface area contributed by atoms with Crippen LogP contribution in [-0.2, 0) is 0 Å². The third-order valence-electron chi connectivity index (χ3n) is 2.73. The van der Waals surface area contributed by atoms with Crippen LogP contribution in [0.15, 0.2) is 40.9 Å². The van der Waals surface area contributed by atoms with E-state index in [-0.39, 0.29) is 11.7 Å². The van der Waals surface area contributed by atoms with Gasteiger partial charge in [0.25, 0.3) is 5.91 Å². The number of phenols is 1. The van der Waals surface area contributed by atoms with Crippen molar-refractivity contribution < 1.29 is 14.3 Å². The standard InChI is InChI=1S/C14H11BrFNO2/c1-8-10(3-2-4-13(8)18)14(19)17-12-6-5-9(16)7-11(12)15/h2-7,18H,1H3,(H,17,19). The lowest BCUT2D eigenvalue weighted by Gasteiger charge is -2.10. The monoisotopic (exact) mass is 323 g/mol. The largest absolute Gasteiger partial charge is 0.508 e. The van der Waals surface area contributed by atoms with Gasteiger partial charge in [-0.15, -0.1) is 0 Å². The molecule has 0 saturated heterocycles. The van der Waals surface area contributed by atoms with E-state index in [1.54, 1.807) is 19.1 Å². The highest BCUT2D eigenvalue weighted by atomic mass is 79.9. The second-order valence-electron chi connectivity index (χ2n) is 4.03. The predicted molar refractivity (Wildman–Crippen MR) is 74.9 cm³/mol. The average Bonchev–Trinajstić information content (AvgIpc) is 2.36. The number of benzene rings is 2. The van der Waals surface area contributed by atoms with Crippen LogP contribution in [0, 0.1) is 12.7 Å². The first-order valence-electron chi connectivity index (χ1n) is 5.54. The normalized spacial score (nSPS) is 10.3. The maximum Gasteiger partial charge on any atom is 0.256 e. The number of phenolic OH excluding ortho intramolecular Hbond substituents is 1. The van der Waals surface area contributed by atoms with E-state index in [2.05, 4.69) is 21.2 Å². The number of hydrogen-bond acceptors (Lipinski definition) is 2. The molecule has 1 amide bonds. The van der Waals surface area contributed by atoms with E-state index in [0.717, 1.165) is 0 Å². The molecule has 0 saturated carbocycles. The molecule has 5 heteroatoms. The molecule has 0 fully saturated rings. The summed E-state index contributed by atoms with van der Waals surface area (Å²) in [4.78, 5) is 12.1. The zero-order valence-electron chi connectivity index (χ0n) is 10.1. The molecular weight excluding hydrogens is 313 g/mol. The lowest BCUT2D eigenvalue weighted by Crippen LogP contribution is -2.13. The molecule has 2 rings (SSSR count). The first kappa shape index (κ1) is 13.5. The van der Waals surface area contributed by atoms with Gasteiger partial charge in [-0.05, 0) is 53.2 Å². The summed E-state index contributed by atoms with van der Waals surface area (Å²) in [5, 5.41) is 12.2. The van der Waals surface area contributed by atoms with Gasteiger partial charge in [-0.25, -0.2) is 4.39 Å². The molecule has 2 aromatic rings. The maximum atomic E-state index is 12.9. The van der Waals surface area contributed by atoms with Crippen LogP contribution in [0.2, 0.25) is 0 Å². The van der Waals surface area contributed by atoms with Crippen molar-refractivity contribution in [2.45, 2.75) is 6.92 Å². The summed E-state index contributed by atoms with van der Waals surface area (Å²) in [6.07, 6.45) is 0. The Bertz CT molecular complexity index is 643. The Morgan fingerprint density at radius 2 is 2.05 bits per heavy atom. The lowest BCUT2D eigenvalue weighted by atomic mass is 10.1. The van der Waals surface area contributed by atoms with Crippen LogP contribution in [0.1, 0.15) is 15.9 Å². The summed E-state index contributed by atoms with van der Waals surface area (Å²) in [6, 6.07) is 8.72. The fraction of sp³-hybridized carbons (Fsp3) is 0.0714. The smallest absolute Gasteiger partial charge is 0.256 e. The van der Waals surface area contributed by atoms with Crippen LogP contribution < -0.4 is 5.32 Å². The second-order valence-corrected chi connectivity index (χ2v) is 4.88. The lowest BCUT2D eigenvalue weighted by molar-refractivity contribution is 0.102. The molecule has 0 aliphatic carbocycles. The Morgan fingerprint density at radius 1 is 1.32 bits per heavy atom. The number of halogens is 2. The van der Waals surface area contributed by atoms with Crippen molar-refractivity contribution in [3.8, 4) is 5.75 Å². The molecule has 0 spiro atoms. The number of hydrogen-bond donors (Lipinski definition) is 2. The van der Waals surface area contributed by atoms with Crippen molar-refractivity contribution in [2.75, 3.05) is 5.32 Å². The van der Waals surface area contributed by atoms with Crippen molar-refractivity contribution in [3.05, 3.63) is 57.8 Å². The van der Waals surface area contributed by atoms with Gasteiger partial charge in [0, 0.05) is 15.6 Å². The van der Waals surface area contributed by atoms with E-state index in [1.165, 1.54) is 24.3 Å². The van der Waals surface area contributed by atoms with E-state index in [1.807, 2.05) is 0 Å². The number of carbonyl (C=O) groups excluding carboxylic acids is 1. The maximum absolute atomic E-state index is 12.9. The molecule has 3 nitrogen and oxygen atoms in total. The van der Waals surface area contributed by atoms with Crippen molar-refractivity contribution >= 4 is 27.5 Å². The zero-order valence-corrected chi connectivity index (χ0v) is 11.7. The number of amides is 1. The number of carbonyl (C=O) groups is 1. The van der Waals surface area contributed by atoms with Gasteiger partial charge in [0.15, 0.2) is 0 Å². The third kappa shape index (κ3) is 2.93. The van der Waals surface area contributed by atoms with Gasteiger partial charge in [-0.2, -0.15) is 0 Å². The van der Waals surface area contributed by atoms with Crippen LogP contribution in [0.5, 0.6) is 5.75 Å². The highest BCUT2D eigenvalue weighted by Crippen LogP contribution is 2.25. The van der Waals surface area contributed by atoms with Crippen molar-refractivity contribution in [3.63, 3.8) is 0 Å². The van der Waals surface area contributed by atoms with Gasteiger partial charge < -0.3 is 10.4 Å². The molecule has 0 aliphatic rings. The van der Waals surface area contributed by atoms with E-state index in [0.29, 0.717) is 21.3 Å². The van der Waals surface area contributed by atoms with Gasteiger partial charge in [0.1, 0.15) is 11.6 Å². The SMILES string of the molecule is Cc1c(O)cccc1C(=O)Nc1ccc(F)cc1Br. The molecule has 0 unspecified atom stereocenters. The number of nitrogens with one attached hydrogen (secondary N) is 1. The Morgan fingerprint density at radius 3 is 2.74 bits per heavy atom. The van der Waals surface area contributed by atoms with E-state index in [9.17, 15) is 14.3 Å². The summed E-state index contributed by atoms with van der Waals surface area (Å²) >= 11 is 3.18. The first-order chi connectivity index (χ1) is 8.99. The minimum absolute atomic E-state index is 0.0609. The first-order valence-corrected chi connectivity index (χ1v) is 6.33. The molecule has 98 valence electrons. The third-order valence-corrected chi connectivity index (χ3v) is 3.39. The Balaban J connectivity index is 2.28. The Labute approximate surface area is 118 Å². The molecular formula is C14H11BrFNO2. The van der Waals surface area contributed by atoms with Gasteiger partial charge in [0.2, 0.25) is 0 Å². The number of aromatic hydroxyl groups is 1. The van der Waals surface area contributed by atoms with Crippen molar-refractivity contribution in [1.82, 2.24) is 0 Å². The minimum Gasteiger partial charge on any atom is -0.508 e. The fourth-order valence-electron chi connectivity index (χ4n) is 1.65. The Kier molecular flexibility index (Phi) is 3.85. The molecule has 19 heavy (non-hydrogen) atoms. The molecule has 0 aromatic heterocycles. The van der Waals surface area contributed by atoms with E-state index in [4.69, 9.17) is 0 Å². The molecule has 2 aromatic carbocycles. The molecule has 0 bridgehead atoms. The molecule has 2 N–H and O–H groups in total. The highest BCUT2D eigenvalue weighted by Gasteiger charge is 2.13. The summed E-state index contributed by atoms with van der Waals surface area (Å²) in [7, 11) is 0. The van der Waals surface area contributed by atoms with Crippen LogP contribution in [-0.4, -0.2) is 11.0 Å². The summed E-state index contributed by atoms with van der Waals surface area (Å²) in [5.41, 5.74) is 1.34. The van der Waals surface area contributed by atoms with Gasteiger partial charge in [-0.1, -0.05) is 6.07 Å². The van der Waals surface area contributed by atoms with Crippen LogP contribution >= 0.6 is 15.9 Å². The minimum atomic E-state index is -0.390. The van der Waals surface area contributed by atoms with Gasteiger partial charge in [-0.3, -0.25) is 4.79 Å². The average molecular weight is 324 g/mol. The van der Waals surface area contributed by atoms with Crippen LogP contribution in [0.4, 0.5) is 10.1 Å². The summed E-state index contributed by atoms with van der Waals surface area (Å²) in [5.74, 6) is -0.690. The van der Waals surface area contributed by atoms with Crippen LogP contribution in [0.3, 0.4) is 0 Å². The number of rotatable bonds is 2. The molecule has 0 atom stereocenters. The Hall–Kier alpha value is -1.88. The molecule has 0 heterocycles. The number of anilines is 1. The highest BCUT2D eigenvalue weighted by molar-refractivity contribution is 9.10. The van der Waals surface area contributed by atoms with Crippen molar-refractivity contribution in [1.29, 1.82) is 0 Å². The quantitative estimate of drug-likeness (QED) is 0.881. The van der Waals surface area contributed by atoms with Crippen LogP contribution in [0.25, 0.3) is 0 Å². The second kappa shape index (κ2) is 5.40.